The zero-order valence-corrected chi connectivity index (χ0v) is 12.0. The average Bonchev–Trinajstić information content (AvgIpc) is 2.46. The number of ether oxygens (including phenoxy) is 1. The molecule has 19 heavy (non-hydrogen) atoms. The summed E-state index contributed by atoms with van der Waals surface area (Å²) in [6.07, 6.45) is 2.80. The summed E-state index contributed by atoms with van der Waals surface area (Å²) in [6, 6.07) is 7.41. The number of rotatable bonds is 6. The molecule has 1 aromatic heterocycles. The van der Waals surface area contributed by atoms with Gasteiger partial charge < -0.3 is 4.74 Å². The molecule has 0 aliphatic heterocycles. The normalized spacial score (nSPS) is 10.6. The maximum atomic E-state index is 12.2. The van der Waals surface area contributed by atoms with Crippen LogP contribution in [0.25, 0.3) is 10.9 Å². The van der Waals surface area contributed by atoms with Gasteiger partial charge in [-0.25, -0.2) is 0 Å². The molecule has 0 amide bonds. The smallest absolute Gasteiger partial charge is 0.173 e. The molecule has 0 N–H and O–H groups in total. The maximum absolute atomic E-state index is 12.2. The largest absolute Gasteiger partial charge is 0.494 e. The molecule has 0 radical (unpaired) electrons. The molecule has 0 bridgehead atoms. The number of thioether (sulfide) groups is 1. The molecule has 0 unspecified atom stereocenters. The van der Waals surface area contributed by atoms with Gasteiger partial charge in [0, 0.05) is 17.1 Å². The number of carbonyl (C=O) groups excluding carboxylic acids is 1. The highest BCUT2D eigenvalue weighted by Crippen LogP contribution is 2.27. The first-order chi connectivity index (χ1) is 9.27. The van der Waals surface area contributed by atoms with Crippen molar-refractivity contribution >= 4 is 28.4 Å². The number of nitrogens with zero attached hydrogens (tertiary/aromatic N) is 1. The van der Waals surface area contributed by atoms with E-state index in [1.807, 2.05) is 24.3 Å². The number of methoxy groups -OCH3 is 1. The van der Waals surface area contributed by atoms with Crippen LogP contribution in [0.3, 0.4) is 0 Å². The van der Waals surface area contributed by atoms with E-state index in [1.54, 1.807) is 25.1 Å². The van der Waals surface area contributed by atoms with Crippen molar-refractivity contribution in [3.8, 4) is 5.75 Å². The molecule has 0 fully saturated rings. The lowest BCUT2D eigenvalue weighted by atomic mass is 10.0. The van der Waals surface area contributed by atoms with Gasteiger partial charge in [-0.1, -0.05) is 13.0 Å². The summed E-state index contributed by atoms with van der Waals surface area (Å²) >= 11 is 1.67. The Hall–Kier alpha value is -1.55. The Morgan fingerprint density at radius 3 is 2.95 bits per heavy atom. The summed E-state index contributed by atoms with van der Waals surface area (Å²) < 4.78 is 5.28. The van der Waals surface area contributed by atoms with Crippen molar-refractivity contribution in [3.63, 3.8) is 0 Å². The van der Waals surface area contributed by atoms with Gasteiger partial charge in [0.15, 0.2) is 5.78 Å². The number of hydrogen-bond acceptors (Lipinski definition) is 4. The Morgan fingerprint density at radius 1 is 1.37 bits per heavy atom. The van der Waals surface area contributed by atoms with E-state index in [0.717, 1.165) is 28.6 Å². The summed E-state index contributed by atoms with van der Waals surface area (Å²) in [5.41, 5.74) is 1.48. The van der Waals surface area contributed by atoms with E-state index in [-0.39, 0.29) is 5.78 Å². The highest BCUT2D eigenvalue weighted by Gasteiger charge is 2.13. The van der Waals surface area contributed by atoms with Crippen molar-refractivity contribution in [2.45, 2.75) is 13.3 Å². The Kier molecular flexibility index (Phi) is 4.80. The van der Waals surface area contributed by atoms with Crippen molar-refractivity contribution in [1.82, 2.24) is 4.98 Å². The molecule has 1 aromatic carbocycles. The number of pyridine rings is 1. The van der Waals surface area contributed by atoms with Gasteiger partial charge in [-0.2, -0.15) is 11.8 Å². The molecule has 0 aliphatic carbocycles. The van der Waals surface area contributed by atoms with Gasteiger partial charge in [-0.05, 0) is 30.4 Å². The Labute approximate surface area is 117 Å². The third-order valence-corrected chi connectivity index (χ3v) is 4.00. The minimum atomic E-state index is 0.152. The summed E-state index contributed by atoms with van der Waals surface area (Å²) in [5, 5.41) is 0.865. The average molecular weight is 275 g/mol. The number of aromatic nitrogens is 1. The van der Waals surface area contributed by atoms with Crippen LogP contribution in [0.1, 0.15) is 23.7 Å². The van der Waals surface area contributed by atoms with Crippen LogP contribution in [-0.4, -0.2) is 29.4 Å². The number of carbonyl (C=O) groups is 1. The molecular weight excluding hydrogens is 258 g/mol. The van der Waals surface area contributed by atoms with Crippen LogP contribution < -0.4 is 4.74 Å². The van der Waals surface area contributed by atoms with E-state index in [9.17, 15) is 4.79 Å². The fourth-order valence-electron chi connectivity index (χ4n) is 1.94. The molecule has 0 spiro atoms. The first-order valence-corrected chi connectivity index (χ1v) is 7.46. The number of benzene rings is 1. The second kappa shape index (κ2) is 6.57. The van der Waals surface area contributed by atoms with Gasteiger partial charge in [-0.3, -0.25) is 9.78 Å². The number of fused-ring (bicyclic) bond motifs is 1. The fraction of sp³-hybridized carbons (Fsp3) is 0.333. The Morgan fingerprint density at radius 2 is 2.21 bits per heavy atom. The SMILES string of the molecule is CCCSCC(=O)c1ccc(OC)c2ncccc12. The molecule has 100 valence electrons. The van der Waals surface area contributed by atoms with Gasteiger partial charge >= 0.3 is 0 Å². The minimum absolute atomic E-state index is 0.152. The predicted molar refractivity (Wildman–Crippen MR) is 80.2 cm³/mol. The van der Waals surface area contributed by atoms with E-state index in [1.165, 1.54) is 0 Å². The second-order valence-corrected chi connectivity index (χ2v) is 5.30. The number of ketones is 1. The van der Waals surface area contributed by atoms with Gasteiger partial charge in [0.25, 0.3) is 0 Å². The first-order valence-electron chi connectivity index (χ1n) is 6.30. The molecule has 0 saturated carbocycles. The molecule has 0 atom stereocenters. The van der Waals surface area contributed by atoms with Crippen LogP contribution >= 0.6 is 11.8 Å². The van der Waals surface area contributed by atoms with Crippen LogP contribution in [-0.2, 0) is 0 Å². The van der Waals surface area contributed by atoms with Crippen LogP contribution in [0.15, 0.2) is 30.5 Å². The predicted octanol–water partition coefficient (Wildman–Crippen LogP) is 3.57. The Balaban J connectivity index is 2.36. The molecule has 3 nitrogen and oxygen atoms in total. The van der Waals surface area contributed by atoms with Gasteiger partial charge in [0.2, 0.25) is 0 Å². The lowest BCUT2D eigenvalue weighted by Crippen LogP contribution is -2.04. The van der Waals surface area contributed by atoms with E-state index < -0.39 is 0 Å². The van der Waals surface area contributed by atoms with Crippen molar-refractivity contribution in [2.75, 3.05) is 18.6 Å². The maximum Gasteiger partial charge on any atom is 0.173 e. The second-order valence-electron chi connectivity index (χ2n) is 4.19. The zero-order chi connectivity index (χ0) is 13.7. The molecule has 4 heteroatoms. The number of Topliss-reactive ketones (excluding diaryl/α,β-unsaturated/α-hetero) is 1. The van der Waals surface area contributed by atoms with Gasteiger partial charge in [0.05, 0.1) is 12.9 Å². The zero-order valence-electron chi connectivity index (χ0n) is 11.2. The lowest BCUT2D eigenvalue weighted by molar-refractivity contribution is 0.102. The van der Waals surface area contributed by atoms with E-state index in [2.05, 4.69) is 11.9 Å². The summed E-state index contributed by atoms with van der Waals surface area (Å²) in [6.45, 7) is 2.12. The van der Waals surface area contributed by atoms with E-state index >= 15 is 0 Å². The van der Waals surface area contributed by atoms with Gasteiger partial charge in [-0.15, -0.1) is 0 Å². The summed E-state index contributed by atoms with van der Waals surface area (Å²) in [5.74, 6) is 2.38. The first kappa shape index (κ1) is 13.9. The lowest BCUT2D eigenvalue weighted by Gasteiger charge is -2.08. The third kappa shape index (κ3) is 3.07. The molecular formula is C15H17NO2S. The fourth-order valence-corrected chi connectivity index (χ4v) is 2.72. The molecule has 2 rings (SSSR count). The summed E-state index contributed by atoms with van der Waals surface area (Å²) in [7, 11) is 1.61. The molecule has 1 heterocycles. The van der Waals surface area contributed by atoms with Crippen molar-refractivity contribution in [2.24, 2.45) is 0 Å². The highest BCUT2D eigenvalue weighted by molar-refractivity contribution is 7.99. The Bertz CT molecular complexity index is 583. The van der Waals surface area contributed by atoms with Crippen LogP contribution in [0.4, 0.5) is 0 Å². The van der Waals surface area contributed by atoms with E-state index in [0.29, 0.717) is 11.5 Å². The highest BCUT2D eigenvalue weighted by atomic mass is 32.2. The van der Waals surface area contributed by atoms with Crippen LogP contribution in [0.2, 0.25) is 0 Å². The van der Waals surface area contributed by atoms with Crippen molar-refractivity contribution in [1.29, 1.82) is 0 Å². The number of hydrogen-bond donors (Lipinski definition) is 0. The monoisotopic (exact) mass is 275 g/mol. The standard InChI is InChI=1S/C15H17NO2S/c1-3-9-19-10-13(17)11-6-7-14(18-2)15-12(11)5-4-8-16-15/h4-8H,3,9-10H2,1-2H3. The molecule has 0 aliphatic rings. The quantitative estimate of drug-likeness (QED) is 0.597. The van der Waals surface area contributed by atoms with Crippen molar-refractivity contribution in [3.05, 3.63) is 36.0 Å². The minimum Gasteiger partial charge on any atom is -0.494 e. The summed E-state index contributed by atoms with van der Waals surface area (Å²) in [4.78, 5) is 16.6. The van der Waals surface area contributed by atoms with Crippen LogP contribution in [0.5, 0.6) is 5.75 Å². The molecule has 2 aromatic rings. The van der Waals surface area contributed by atoms with Crippen LogP contribution in [0, 0.1) is 0 Å². The third-order valence-electron chi connectivity index (χ3n) is 2.83. The topological polar surface area (TPSA) is 39.2 Å². The molecule has 0 saturated heterocycles. The van der Waals surface area contributed by atoms with Crippen molar-refractivity contribution < 1.29 is 9.53 Å². The van der Waals surface area contributed by atoms with E-state index in [4.69, 9.17) is 4.74 Å². The van der Waals surface area contributed by atoms with Gasteiger partial charge in [0.1, 0.15) is 11.3 Å².